The Morgan fingerprint density at radius 2 is 1.74 bits per heavy atom. The molecule has 0 unspecified atom stereocenters. The minimum absolute atomic E-state index is 0.00563. The van der Waals surface area contributed by atoms with E-state index in [1.54, 1.807) is 24.3 Å². The number of hydrogen-bond acceptors (Lipinski definition) is 4. The molecule has 0 aliphatic carbocycles. The first kappa shape index (κ1) is 16.7. The molecule has 23 heavy (non-hydrogen) atoms. The number of carbonyl (C=O) groups is 1. The van der Waals surface area contributed by atoms with Crippen LogP contribution in [-0.4, -0.2) is 30.4 Å². The number of methoxy groups -OCH3 is 2. The van der Waals surface area contributed by atoms with Gasteiger partial charge in [0.25, 0.3) is 0 Å². The lowest BCUT2D eigenvalue weighted by molar-refractivity contribution is -0.130. The SMILES string of the molecule is COc1ccc(/C=C(\C(=O)O)c2cc(Cl)ccc2OC)cc1O. The quantitative estimate of drug-likeness (QED) is 0.644. The van der Waals surface area contributed by atoms with Gasteiger partial charge in [0.15, 0.2) is 11.5 Å². The van der Waals surface area contributed by atoms with Gasteiger partial charge in [0.1, 0.15) is 5.75 Å². The van der Waals surface area contributed by atoms with Gasteiger partial charge in [-0.3, -0.25) is 0 Å². The predicted octanol–water partition coefficient (Wildman–Crippen LogP) is 3.69. The highest BCUT2D eigenvalue weighted by Gasteiger charge is 2.16. The van der Waals surface area contributed by atoms with Crippen molar-refractivity contribution in [2.24, 2.45) is 0 Å². The Morgan fingerprint density at radius 3 is 2.30 bits per heavy atom. The molecule has 5 nitrogen and oxygen atoms in total. The highest BCUT2D eigenvalue weighted by molar-refractivity contribution is 6.31. The number of ether oxygens (including phenoxy) is 2. The number of aliphatic carboxylic acids is 1. The lowest BCUT2D eigenvalue weighted by Gasteiger charge is -2.10. The Hall–Kier alpha value is -2.66. The maximum atomic E-state index is 11.6. The molecule has 0 amide bonds. The molecule has 0 saturated heterocycles. The second-order valence-electron chi connectivity index (χ2n) is 4.64. The average molecular weight is 335 g/mol. The van der Waals surface area contributed by atoms with Crippen molar-refractivity contribution < 1.29 is 24.5 Å². The Labute approximate surface area is 138 Å². The van der Waals surface area contributed by atoms with Gasteiger partial charge in [0.05, 0.1) is 19.8 Å². The first-order chi connectivity index (χ1) is 11.0. The number of benzene rings is 2. The first-order valence-electron chi connectivity index (χ1n) is 6.62. The molecule has 0 aliphatic heterocycles. The predicted molar refractivity (Wildman–Crippen MR) is 88.2 cm³/mol. The molecule has 0 saturated carbocycles. The molecule has 0 bridgehead atoms. The van der Waals surface area contributed by atoms with E-state index in [0.717, 1.165) is 0 Å². The number of halogens is 1. The van der Waals surface area contributed by atoms with Crippen LogP contribution in [-0.2, 0) is 4.79 Å². The van der Waals surface area contributed by atoms with Gasteiger partial charge < -0.3 is 19.7 Å². The van der Waals surface area contributed by atoms with E-state index in [1.165, 1.54) is 32.4 Å². The van der Waals surface area contributed by atoms with E-state index in [9.17, 15) is 15.0 Å². The molecule has 6 heteroatoms. The zero-order valence-electron chi connectivity index (χ0n) is 12.5. The van der Waals surface area contributed by atoms with Crippen LogP contribution in [0.15, 0.2) is 36.4 Å². The molecule has 120 valence electrons. The van der Waals surface area contributed by atoms with Gasteiger partial charge in [0.2, 0.25) is 0 Å². The van der Waals surface area contributed by atoms with Crippen molar-refractivity contribution in [2.45, 2.75) is 0 Å². The molecule has 0 heterocycles. The zero-order chi connectivity index (χ0) is 17.0. The van der Waals surface area contributed by atoms with Gasteiger partial charge in [-0.05, 0) is 42.0 Å². The maximum Gasteiger partial charge on any atom is 0.336 e. The van der Waals surface area contributed by atoms with Crippen molar-refractivity contribution >= 4 is 29.2 Å². The van der Waals surface area contributed by atoms with Crippen LogP contribution in [0.1, 0.15) is 11.1 Å². The van der Waals surface area contributed by atoms with Crippen molar-refractivity contribution in [1.29, 1.82) is 0 Å². The molecule has 0 spiro atoms. The lowest BCUT2D eigenvalue weighted by atomic mass is 10.0. The average Bonchev–Trinajstić information content (AvgIpc) is 2.52. The second kappa shape index (κ2) is 7.07. The summed E-state index contributed by atoms with van der Waals surface area (Å²) >= 11 is 5.96. The zero-order valence-corrected chi connectivity index (χ0v) is 13.3. The third-order valence-electron chi connectivity index (χ3n) is 3.20. The molecule has 2 aromatic carbocycles. The first-order valence-corrected chi connectivity index (χ1v) is 7.00. The van der Waals surface area contributed by atoms with Crippen molar-refractivity contribution in [1.82, 2.24) is 0 Å². The van der Waals surface area contributed by atoms with E-state index in [2.05, 4.69) is 0 Å². The third-order valence-corrected chi connectivity index (χ3v) is 3.43. The summed E-state index contributed by atoms with van der Waals surface area (Å²) in [5.41, 5.74) is 0.847. The topological polar surface area (TPSA) is 76.0 Å². The largest absolute Gasteiger partial charge is 0.504 e. The number of aromatic hydroxyl groups is 1. The Morgan fingerprint density at radius 1 is 1.09 bits per heavy atom. The highest BCUT2D eigenvalue weighted by atomic mass is 35.5. The van der Waals surface area contributed by atoms with Gasteiger partial charge in [-0.25, -0.2) is 4.79 Å². The van der Waals surface area contributed by atoms with Gasteiger partial charge in [-0.15, -0.1) is 0 Å². The summed E-state index contributed by atoms with van der Waals surface area (Å²) in [5, 5.41) is 19.7. The maximum absolute atomic E-state index is 11.6. The fraction of sp³-hybridized carbons (Fsp3) is 0.118. The van der Waals surface area contributed by atoms with E-state index in [4.69, 9.17) is 21.1 Å². The van der Waals surface area contributed by atoms with E-state index >= 15 is 0 Å². The standard InChI is InChI=1S/C17H15ClO5/c1-22-15-6-4-11(18)9-12(15)13(17(20)21)7-10-3-5-16(23-2)14(19)8-10/h3-9,19H,1-2H3,(H,20,21)/b13-7-. The van der Waals surface area contributed by atoms with E-state index in [1.807, 2.05) is 0 Å². The summed E-state index contributed by atoms with van der Waals surface area (Å²) in [6.07, 6.45) is 1.43. The third kappa shape index (κ3) is 3.76. The molecule has 0 aliphatic rings. The molecular weight excluding hydrogens is 320 g/mol. The normalized spacial score (nSPS) is 11.2. The van der Waals surface area contributed by atoms with Crippen LogP contribution in [0.4, 0.5) is 0 Å². The van der Waals surface area contributed by atoms with Crippen LogP contribution in [0.2, 0.25) is 5.02 Å². The second-order valence-corrected chi connectivity index (χ2v) is 5.08. The molecule has 0 fully saturated rings. The number of phenolic OH excluding ortho intramolecular Hbond substituents is 1. The van der Waals surface area contributed by atoms with Crippen molar-refractivity contribution in [3.63, 3.8) is 0 Å². The molecule has 2 N–H and O–H groups in total. The van der Waals surface area contributed by atoms with Gasteiger partial charge in [-0.2, -0.15) is 0 Å². The van der Waals surface area contributed by atoms with Crippen LogP contribution < -0.4 is 9.47 Å². The van der Waals surface area contributed by atoms with E-state index in [-0.39, 0.29) is 11.3 Å². The summed E-state index contributed by atoms with van der Waals surface area (Å²) in [7, 11) is 2.88. The van der Waals surface area contributed by atoms with Crippen LogP contribution in [0.3, 0.4) is 0 Å². The molecule has 2 rings (SSSR count). The van der Waals surface area contributed by atoms with Crippen molar-refractivity contribution in [3.05, 3.63) is 52.5 Å². The Kier molecular flexibility index (Phi) is 5.13. The minimum Gasteiger partial charge on any atom is -0.504 e. The summed E-state index contributed by atoms with van der Waals surface area (Å²) in [6, 6.07) is 9.33. The number of carboxylic acids is 1. The fourth-order valence-electron chi connectivity index (χ4n) is 2.11. The van der Waals surface area contributed by atoms with Crippen molar-refractivity contribution in [2.75, 3.05) is 14.2 Å². The van der Waals surface area contributed by atoms with Gasteiger partial charge in [0, 0.05) is 10.6 Å². The lowest BCUT2D eigenvalue weighted by Crippen LogP contribution is -2.02. The summed E-state index contributed by atoms with van der Waals surface area (Å²) in [6.45, 7) is 0. The Bertz CT molecular complexity index is 768. The molecule has 0 atom stereocenters. The molecule has 0 radical (unpaired) electrons. The number of phenols is 1. The smallest absolute Gasteiger partial charge is 0.336 e. The highest BCUT2D eigenvalue weighted by Crippen LogP contribution is 2.32. The van der Waals surface area contributed by atoms with Gasteiger partial charge in [-0.1, -0.05) is 17.7 Å². The van der Waals surface area contributed by atoms with Crippen molar-refractivity contribution in [3.8, 4) is 17.2 Å². The summed E-state index contributed by atoms with van der Waals surface area (Å²) < 4.78 is 10.2. The van der Waals surface area contributed by atoms with E-state index < -0.39 is 5.97 Å². The fourth-order valence-corrected chi connectivity index (χ4v) is 2.28. The number of rotatable bonds is 5. The van der Waals surface area contributed by atoms with Crippen LogP contribution in [0.25, 0.3) is 11.6 Å². The molecular formula is C17H15ClO5. The molecule has 0 aromatic heterocycles. The number of hydrogen-bond donors (Lipinski definition) is 2. The van der Waals surface area contributed by atoms with Crippen LogP contribution in [0.5, 0.6) is 17.2 Å². The Balaban J connectivity index is 2.57. The van der Waals surface area contributed by atoms with Gasteiger partial charge >= 0.3 is 5.97 Å². The van der Waals surface area contributed by atoms with Crippen LogP contribution in [0, 0.1) is 0 Å². The summed E-state index contributed by atoms with van der Waals surface area (Å²) in [4.78, 5) is 11.6. The monoisotopic (exact) mass is 334 g/mol. The summed E-state index contributed by atoms with van der Waals surface area (Å²) in [5.74, 6) is -0.523. The minimum atomic E-state index is -1.14. The van der Waals surface area contributed by atoms with Crippen LogP contribution >= 0.6 is 11.6 Å². The van der Waals surface area contributed by atoms with E-state index in [0.29, 0.717) is 27.6 Å². The molecule has 2 aromatic rings. The number of carboxylic acid groups (broad SMARTS) is 1.